The third-order valence-corrected chi connectivity index (χ3v) is 6.34. The molecule has 0 N–H and O–H groups in total. The molecular formula is C20H32N4O3Si. The molecule has 0 aliphatic carbocycles. The number of fused-ring (bicyclic) bond motifs is 1. The lowest BCUT2D eigenvalue weighted by Crippen LogP contribution is -2.54. The van der Waals surface area contributed by atoms with Crippen LogP contribution in [0.25, 0.3) is 5.65 Å². The van der Waals surface area contributed by atoms with Crippen LogP contribution in [0.5, 0.6) is 0 Å². The van der Waals surface area contributed by atoms with Gasteiger partial charge in [0.2, 0.25) is 0 Å². The summed E-state index contributed by atoms with van der Waals surface area (Å²) >= 11 is 0. The Morgan fingerprint density at radius 3 is 2.82 bits per heavy atom. The lowest BCUT2D eigenvalue weighted by molar-refractivity contribution is -0.0628. The standard InChI is InChI=1S/C20H32N4O3Si/c1-7-12-26-18(25)23-14-16(19(2,3)4)13-20(23,27-28(5)6)15-22-10-11-24-17(22)8-9-21-24/h7-11,16,28H,1,12-15H2,2-6H3/t16-,20-/m0/s1. The van der Waals surface area contributed by atoms with Gasteiger partial charge < -0.3 is 13.7 Å². The second-order valence-corrected chi connectivity index (χ2v) is 11.2. The van der Waals surface area contributed by atoms with E-state index < -0.39 is 14.8 Å². The molecule has 2 aromatic heterocycles. The van der Waals surface area contributed by atoms with Crippen molar-refractivity contribution in [1.82, 2.24) is 19.1 Å². The summed E-state index contributed by atoms with van der Waals surface area (Å²) in [6.45, 7) is 16.0. The summed E-state index contributed by atoms with van der Waals surface area (Å²) in [5.74, 6) is 0.313. The van der Waals surface area contributed by atoms with E-state index in [1.54, 1.807) is 12.3 Å². The Labute approximate surface area is 168 Å². The molecule has 3 rings (SSSR count). The highest BCUT2D eigenvalue weighted by Crippen LogP contribution is 2.44. The molecule has 0 bridgehead atoms. The molecule has 1 saturated heterocycles. The van der Waals surface area contributed by atoms with Crippen LogP contribution in [-0.2, 0) is 15.7 Å². The van der Waals surface area contributed by atoms with Crippen molar-refractivity contribution in [2.45, 2.75) is 52.6 Å². The summed E-state index contributed by atoms with van der Waals surface area (Å²) < 4.78 is 16.0. The first-order valence-electron chi connectivity index (χ1n) is 9.88. The van der Waals surface area contributed by atoms with Crippen LogP contribution in [0.1, 0.15) is 27.2 Å². The van der Waals surface area contributed by atoms with Gasteiger partial charge in [0.05, 0.1) is 12.7 Å². The fourth-order valence-electron chi connectivity index (χ4n) is 3.98. The highest BCUT2D eigenvalue weighted by molar-refractivity contribution is 6.48. The predicted octanol–water partition coefficient (Wildman–Crippen LogP) is 3.52. The molecule has 3 heterocycles. The molecular weight excluding hydrogens is 372 g/mol. The lowest BCUT2D eigenvalue weighted by Gasteiger charge is -2.39. The maximum Gasteiger partial charge on any atom is 0.412 e. The number of ether oxygens (including phenoxy) is 1. The highest BCUT2D eigenvalue weighted by Gasteiger charge is 2.53. The molecule has 154 valence electrons. The molecule has 0 radical (unpaired) electrons. The molecule has 7 nitrogen and oxygen atoms in total. The van der Waals surface area contributed by atoms with E-state index >= 15 is 0 Å². The average molecular weight is 405 g/mol. The van der Waals surface area contributed by atoms with Crippen molar-refractivity contribution in [1.29, 1.82) is 0 Å². The van der Waals surface area contributed by atoms with Gasteiger partial charge in [0, 0.05) is 31.4 Å². The minimum absolute atomic E-state index is 0.0588. The fraction of sp³-hybridized carbons (Fsp3) is 0.600. The molecule has 0 saturated carbocycles. The Kier molecular flexibility index (Phi) is 5.72. The van der Waals surface area contributed by atoms with E-state index in [4.69, 9.17) is 9.16 Å². The van der Waals surface area contributed by atoms with E-state index in [2.05, 4.69) is 50.1 Å². The van der Waals surface area contributed by atoms with Crippen molar-refractivity contribution in [3.63, 3.8) is 0 Å². The van der Waals surface area contributed by atoms with Crippen molar-refractivity contribution in [2.24, 2.45) is 11.3 Å². The van der Waals surface area contributed by atoms with Crippen LogP contribution in [0.3, 0.4) is 0 Å². The van der Waals surface area contributed by atoms with Crippen molar-refractivity contribution in [3.8, 4) is 0 Å². The van der Waals surface area contributed by atoms with Gasteiger partial charge in [-0.05, 0) is 24.4 Å². The number of carbonyl (C=O) groups is 1. The topological polar surface area (TPSA) is 61.0 Å². The quantitative estimate of drug-likeness (QED) is 0.546. The number of hydrogen-bond donors (Lipinski definition) is 0. The first-order valence-corrected chi connectivity index (χ1v) is 12.7. The zero-order valence-corrected chi connectivity index (χ0v) is 18.7. The summed E-state index contributed by atoms with van der Waals surface area (Å²) in [6.07, 6.45) is 7.73. The third-order valence-electron chi connectivity index (χ3n) is 5.43. The maximum absolute atomic E-state index is 13.0. The summed E-state index contributed by atoms with van der Waals surface area (Å²) in [7, 11) is -1.45. The first-order chi connectivity index (χ1) is 13.2. The van der Waals surface area contributed by atoms with E-state index in [1.165, 1.54) is 0 Å². The number of imidazole rings is 1. The normalized spacial score (nSPS) is 22.9. The molecule has 0 spiro atoms. The maximum atomic E-state index is 13.0. The number of hydrogen-bond acceptors (Lipinski definition) is 4. The Bertz CT molecular complexity index is 838. The monoisotopic (exact) mass is 404 g/mol. The second-order valence-electron chi connectivity index (χ2n) is 8.92. The number of likely N-dealkylation sites (tertiary alicyclic amines) is 1. The van der Waals surface area contributed by atoms with Crippen molar-refractivity contribution < 1.29 is 14.0 Å². The molecule has 1 aliphatic heterocycles. The van der Waals surface area contributed by atoms with Gasteiger partial charge in [-0.2, -0.15) is 5.10 Å². The van der Waals surface area contributed by atoms with Gasteiger partial charge in [-0.1, -0.05) is 33.4 Å². The highest BCUT2D eigenvalue weighted by atomic mass is 28.3. The second kappa shape index (κ2) is 7.75. The third kappa shape index (κ3) is 4.02. The van der Waals surface area contributed by atoms with Gasteiger partial charge >= 0.3 is 6.09 Å². The summed E-state index contributed by atoms with van der Waals surface area (Å²) in [5, 5.41) is 4.29. The van der Waals surface area contributed by atoms with E-state index in [0.717, 1.165) is 12.1 Å². The molecule has 2 aromatic rings. The molecule has 0 unspecified atom stereocenters. The Morgan fingerprint density at radius 2 is 2.18 bits per heavy atom. The van der Waals surface area contributed by atoms with Crippen LogP contribution >= 0.6 is 0 Å². The van der Waals surface area contributed by atoms with Crippen LogP contribution in [0.15, 0.2) is 37.3 Å². The van der Waals surface area contributed by atoms with Crippen molar-refractivity contribution in [2.75, 3.05) is 13.2 Å². The minimum atomic E-state index is -1.45. The van der Waals surface area contributed by atoms with Gasteiger partial charge in [-0.25, -0.2) is 9.31 Å². The van der Waals surface area contributed by atoms with Gasteiger partial charge in [0.1, 0.15) is 12.3 Å². The van der Waals surface area contributed by atoms with E-state index in [-0.39, 0.29) is 18.1 Å². The molecule has 28 heavy (non-hydrogen) atoms. The lowest BCUT2D eigenvalue weighted by atomic mass is 9.79. The van der Waals surface area contributed by atoms with E-state index in [9.17, 15) is 4.79 Å². The van der Waals surface area contributed by atoms with Gasteiger partial charge in [0.25, 0.3) is 0 Å². The molecule has 8 heteroatoms. The molecule has 2 atom stereocenters. The predicted molar refractivity (Wildman–Crippen MR) is 112 cm³/mol. The first kappa shape index (κ1) is 20.7. The Hall–Kier alpha value is -2.06. The van der Waals surface area contributed by atoms with Crippen LogP contribution in [0, 0.1) is 11.3 Å². The summed E-state index contributed by atoms with van der Waals surface area (Å²) in [5.41, 5.74) is 0.316. The molecule has 0 aromatic carbocycles. The Balaban J connectivity index is 2.00. The fourth-order valence-corrected chi connectivity index (χ4v) is 5.16. The average Bonchev–Trinajstić information content (AvgIpc) is 3.28. The molecule has 1 amide bonds. The minimum Gasteiger partial charge on any atom is -0.445 e. The van der Waals surface area contributed by atoms with Crippen molar-refractivity contribution >= 4 is 20.8 Å². The summed E-state index contributed by atoms with van der Waals surface area (Å²) in [4.78, 5) is 14.8. The van der Waals surface area contributed by atoms with Crippen molar-refractivity contribution in [3.05, 3.63) is 37.3 Å². The van der Waals surface area contributed by atoms with Crippen LogP contribution in [0.2, 0.25) is 13.1 Å². The van der Waals surface area contributed by atoms with Gasteiger partial charge in [-0.3, -0.25) is 4.90 Å². The van der Waals surface area contributed by atoms with Crippen LogP contribution in [-0.4, -0.2) is 53.1 Å². The summed E-state index contributed by atoms with van der Waals surface area (Å²) in [6, 6.07) is 1.97. The molecule has 1 aliphatic rings. The molecule has 1 fully saturated rings. The zero-order chi connectivity index (χ0) is 20.5. The zero-order valence-electron chi connectivity index (χ0n) is 17.6. The van der Waals surface area contributed by atoms with Gasteiger partial charge in [-0.15, -0.1) is 0 Å². The van der Waals surface area contributed by atoms with Crippen LogP contribution < -0.4 is 0 Å². The van der Waals surface area contributed by atoms with E-state index in [1.807, 2.05) is 27.9 Å². The largest absolute Gasteiger partial charge is 0.445 e. The number of aromatic nitrogens is 3. The van der Waals surface area contributed by atoms with Crippen LogP contribution in [0.4, 0.5) is 4.79 Å². The number of carbonyl (C=O) groups excluding carboxylic acids is 1. The Morgan fingerprint density at radius 1 is 1.43 bits per heavy atom. The number of nitrogens with zero attached hydrogens (tertiary/aromatic N) is 4. The SMILES string of the molecule is C=CCOC(=O)N1C[C@@H](C(C)(C)C)C[C@@]1(Cn1ccn2nccc12)O[SiH](C)C. The van der Waals surface area contributed by atoms with Gasteiger partial charge in [0.15, 0.2) is 14.8 Å². The van der Waals surface area contributed by atoms with E-state index in [0.29, 0.717) is 19.0 Å². The number of amides is 1. The smallest absolute Gasteiger partial charge is 0.412 e. The number of rotatable bonds is 6.